The highest BCUT2D eigenvalue weighted by molar-refractivity contribution is 5.82. The van der Waals surface area contributed by atoms with Gasteiger partial charge in [-0.05, 0) is 36.8 Å². The molecule has 0 heterocycles. The van der Waals surface area contributed by atoms with Crippen molar-refractivity contribution < 1.29 is 32.2 Å². The van der Waals surface area contributed by atoms with Crippen molar-refractivity contribution in [3.8, 4) is 11.5 Å². The zero-order valence-electron chi connectivity index (χ0n) is 14.8. The molecule has 0 saturated carbocycles. The van der Waals surface area contributed by atoms with Crippen LogP contribution in [0.3, 0.4) is 0 Å². The van der Waals surface area contributed by atoms with Crippen LogP contribution in [0.5, 0.6) is 11.5 Å². The summed E-state index contributed by atoms with van der Waals surface area (Å²) in [4.78, 5) is 23.3. The molecule has 0 aliphatic rings. The third-order valence-corrected chi connectivity index (χ3v) is 3.43. The number of nitrogens with one attached hydrogen (secondary N) is 2. The number of halogens is 3. The van der Waals surface area contributed by atoms with Crippen LogP contribution in [-0.4, -0.2) is 25.0 Å². The number of rotatable bonds is 8. The molecule has 6 nitrogen and oxygen atoms in total. The molecule has 2 N–H and O–H groups in total. The maximum Gasteiger partial charge on any atom is 0.416 e. The average molecular weight is 396 g/mol. The van der Waals surface area contributed by atoms with Gasteiger partial charge in [-0.2, -0.15) is 13.2 Å². The Morgan fingerprint density at radius 2 is 1.54 bits per heavy atom. The highest BCUT2D eigenvalue weighted by atomic mass is 19.4. The molecule has 0 fully saturated rings. The van der Waals surface area contributed by atoms with Gasteiger partial charge in [0.15, 0.2) is 6.61 Å². The van der Waals surface area contributed by atoms with Crippen LogP contribution < -0.4 is 20.3 Å². The van der Waals surface area contributed by atoms with E-state index in [2.05, 4.69) is 10.9 Å². The first-order valence-electron chi connectivity index (χ1n) is 8.40. The molecular formula is C19H19F3N2O4. The predicted molar refractivity (Wildman–Crippen MR) is 94.4 cm³/mol. The Morgan fingerprint density at radius 3 is 2.25 bits per heavy atom. The summed E-state index contributed by atoms with van der Waals surface area (Å²) in [5.74, 6) is -0.535. The summed E-state index contributed by atoms with van der Waals surface area (Å²) in [5, 5.41) is 0. The molecular weight excluding hydrogens is 377 g/mol. The number of ether oxygens (including phenoxy) is 2. The standard InChI is InChI=1S/C19H19F3N2O4/c20-19(21,22)14-6-4-9-16(12-14)28-13-18(26)24-23-17(25)10-5-11-27-15-7-2-1-3-8-15/h1-4,6-9,12H,5,10-11,13H2,(H,23,25)(H,24,26). The number of carbonyl (C=O) groups is 2. The monoisotopic (exact) mass is 396 g/mol. The molecule has 0 bridgehead atoms. The Kier molecular flexibility index (Phi) is 7.67. The lowest BCUT2D eigenvalue weighted by atomic mass is 10.2. The second-order valence-electron chi connectivity index (χ2n) is 5.68. The van der Waals surface area contributed by atoms with Gasteiger partial charge in [0.05, 0.1) is 12.2 Å². The number of hydrogen-bond acceptors (Lipinski definition) is 4. The van der Waals surface area contributed by atoms with Crippen molar-refractivity contribution in [2.45, 2.75) is 19.0 Å². The van der Waals surface area contributed by atoms with E-state index in [9.17, 15) is 22.8 Å². The minimum absolute atomic E-state index is 0.102. The van der Waals surface area contributed by atoms with E-state index in [0.717, 1.165) is 12.1 Å². The molecule has 2 rings (SSSR count). The summed E-state index contributed by atoms with van der Waals surface area (Å²) in [5.41, 5.74) is 3.45. The summed E-state index contributed by atoms with van der Waals surface area (Å²) in [6.45, 7) is -0.206. The molecule has 28 heavy (non-hydrogen) atoms. The van der Waals surface area contributed by atoms with Crippen LogP contribution in [0.4, 0.5) is 13.2 Å². The van der Waals surface area contributed by atoms with Crippen molar-refractivity contribution in [2.24, 2.45) is 0 Å². The SMILES string of the molecule is O=C(CCCOc1ccccc1)NNC(=O)COc1cccc(C(F)(F)F)c1. The first-order chi connectivity index (χ1) is 13.3. The van der Waals surface area contributed by atoms with Crippen molar-refractivity contribution in [3.63, 3.8) is 0 Å². The van der Waals surface area contributed by atoms with Gasteiger partial charge in [-0.25, -0.2) is 0 Å². The van der Waals surface area contributed by atoms with Gasteiger partial charge in [-0.3, -0.25) is 20.4 Å². The van der Waals surface area contributed by atoms with Crippen LogP contribution in [0.1, 0.15) is 18.4 Å². The van der Waals surface area contributed by atoms with Crippen molar-refractivity contribution in [1.82, 2.24) is 10.9 Å². The molecule has 0 saturated heterocycles. The molecule has 0 unspecified atom stereocenters. The Labute approximate surface area is 159 Å². The van der Waals surface area contributed by atoms with Crippen LogP contribution in [0.25, 0.3) is 0 Å². The van der Waals surface area contributed by atoms with E-state index in [1.807, 2.05) is 18.2 Å². The molecule has 0 aromatic heterocycles. The third-order valence-electron chi connectivity index (χ3n) is 3.43. The van der Waals surface area contributed by atoms with Crippen LogP contribution in [0.2, 0.25) is 0 Å². The summed E-state index contributed by atoms with van der Waals surface area (Å²) in [6, 6.07) is 13.3. The fraction of sp³-hybridized carbons (Fsp3) is 0.263. The summed E-state index contributed by atoms with van der Waals surface area (Å²) >= 11 is 0. The highest BCUT2D eigenvalue weighted by Crippen LogP contribution is 2.31. The topological polar surface area (TPSA) is 76.7 Å². The fourth-order valence-corrected chi connectivity index (χ4v) is 2.09. The zero-order chi connectivity index (χ0) is 20.4. The summed E-state index contributed by atoms with van der Waals surface area (Å²) < 4.78 is 48.3. The first kappa shape index (κ1) is 21.1. The van der Waals surface area contributed by atoms with E-state index >= 15 is 0 Å². The number of amides is 2. The van der Waals surface area contributed by atoms with Crippen LogP contribution >= 0.6 is 0 Å². The summed E-state index contributed by atoms with van der Waals surface area (Å²) in [6.07, 6.45) is -3.93. The van der Waals surface area contributed by atoms with Crippen molar-refractivity contribution in [1.29, 1.82) is 0 Å². The summed E-state index contributed by atoms with van der Waals surface area (Å²) in [7, 11) is 0. The van der Waals surface area contributed by atoms with Crippen LogP contribution in [0.15, 0.2) is 54.6 Å². The van der Waals surface area contributed by atoms with E-state index in [0.29, 0.717) is 18.8 Å². The van der Waals surface area contributed by atoms with E-state index in [-0.39, 0.29) is 12.2 Å². The highest BCUT2D eigenvalue weighted by Gasteiger charge is 2.30. The number of para-hydroxylation sites is 1. The molecule has 2 amide bonds. The van der Waals surface area contributed by atoms with Crippen molar-refractivity contribution >= 4 is 11.8 Å². The van der Waals surface area contributed by atoms with Crippen molar-refractivity contribution in [2.75, 3.05) is 13.2 Å². The Bertz CT molecular complexity index is 782. The van der Waals surface area contributed by atoms with Gasteiger partial charge >= 0.3 is 6.18 Å². The van der Waals surface area contributed by atoms with Gasteiger partial charge < -0.3 is 9.47 Å². The molecule has 0 aliphatic heterocycles. The number of hydrogen-bond donors (Lipinski definition) is 2. The lowest BCUT2D eigenvalue weighted by Gasteiger charge is -2.11. The van der Waals surface area contributed by atoms with Crippen molar-refractivity contribution in [3.05, 3.63) is 60.2 Å². The number of benzene rings is 2. The van der Waals surface area contributed by atoms with E-state index in [1.54, 1.807) is 12.1 Å². The quantitative estimate of drug-likeness (QED) is 0.531. The van der Waals surface area contributed by atoms with E-state index in [4.69, 9.17) is 9.47 Å². The van der Waals surface area contributed by atoms with E-state index < -0.39 is 30.2 Å². The average Bonchev–Trinajstić information content (AvgIpc) is 2.68. The second kappa shape index (κ2) is 10.2. The van der Waals surface area contributed by atoms with E-state index in [1.165, 1.54) is 12.1 Å². The number of alkyl halides is 3. The fourth-order valence-electron chi connectivity index (χ4n) is 2.09. The molecule has 0 atom stereocenters. The van der Waals surface area contributed by atoms with Gasteiger partial charge in [-0.15, -0.1) is 0 Å². The molecule has 150 valence electrons. The van der Waals surface area contributed by atoms with Gasteiger partial charge in [0.1, 0.15) is 11.5 Å². The van der Waals surface area contributed by atoms with Gasteiger partial charge in [-0.1, -0.05) is 24.3 Å². The Balaban J connectivity index is 1.62. The molecule has 2 aromatic rings. The molecule has 0 aliphatic carbocycles. The molecule has 0 radical (unpaired) electrons. The number of carbonyl (C=O) groups excluding carboxylic acids is 2. The smallest absolute Gasteiger partial charge is 0.416 e. The second-order valence-corrected chi connectivity index (χ2v) is 5.68. The largest absolute Gasteiger partial charge is 0.494 e. The lowest BCUT2D eigenvalue weighted by molar-refractivity contribution is -0.137. The predicted octanol–water partition coefficient (Wildman–Crippen LogP) is 3.09. The normalized spacial score (nSPS) is 10.8. The van der Waals surface area contributed by atoms with Gasteiger partial charge in [0, 0.05) is 6.42 Å². The van der Waals surface area contributed by atoms with Gasteiger partial charge in [0.2, 0.25) is 5.91 Å². The minimum Gasteiger partial charge on any atom is -0.494 e. The third kappa shape index (κ3) is 7.56. The van der Waals surface area contributed by atoms with Crippen LogP contribution in [0, 0.1) is 0 Å². The Morgan fingerprint density at radius 1 is 0.857 bits per heavy atom. The minimum atomic E-state index is -4.50. The lowest BCUT2D eigenvalue weighted by Crippen LogP contribution is -2.43. The Hall–Kier alpha value is -3.23. The number of hydrazine groups is 1. The van der Waals surface area contributed by atoms with Gasteiger partial charge in [0.25, 0.3) is 5.91 Å². The molecule has 9 heteroatoms. The maximum absolute atomic E-state index is 12.6. The first-order valence-corrected chi connectivity index (χ1v) is 8.40. The maximum atomic E-state index is 12.6. The van der Waals surface area contributed by atoms with Crippen LogP contribution in [-0.2, 0) is 15.8 Å². The molecule has 0 spiro atoms. The zero-order valence-corrected chi connectivity index (χ0v) is 14.8. The molecule has 2 aromatic carbocycles.